The number of likely N-dealkylation sites (N-methyl/N-ethyl adjacent to an activating group) is 1. The largest absolute Gasteiger partial charge is 0.497 e. The lowest BCUT2D eigenvalue weighted by molar-refractivity contribution is 0.0914. The minimum atomic E-state index is -0.413. The van der Waals surface area contributed by atoms with E-state index in [2.05, 4.69) is 5.32 Å². The van der Waals surface area contributed by atoms with Gasteiger partial charge in [0.05, 0.1) is 18.5 Å². The molecule has 2 aromatic carbocycles. The van der Waals surface area contributed by atoms with Gasteiger partial charge in [0.1, 0.15) is 11.3 Å². The third-order valence-electron chi connectivity index (χ3n) is 5.00. The fourth-order valence-electron chi connectivity index (χ4n) is 3.24. The number of hydrogen-bond acceptors (Lipinski definition) is 5. The van der Waals surface area contributed by atoms with E-state index < -0.39 is 5.91 Å². The van der Waals surface area contributed by atoms with Crippen molar-refractivity contribution in [3.05, 3.63) is 75.6 Å². The van der Waals surface area contributed by atoms with Gasteiger partial charge in [-0.15, -0.1) is 0 Å². The van der Waals surface area contributed by atoms with E-state index in [0.717, 1.165) is 23.3 Å². The van der Waals surface area contributed by atoms with Gasteiger partial charge in [0.25, 0.3) is 5.91 Å². The lowest BCUT2D eigenvalue weighted by Crippen LogP contribution is -2.34. The Kier molecular flexibility index (Phi) is 6.34. The summed E-state index contributed by atoms with van der Waals surface area (Å²) >= 11 is 0. The molecular weight excluding hydrogens is 368 g/mol. The topological polar surface area (TPSA) is 71.8 Å². The number of carbonyl (C=O) groups excluding carboxylic acids is 1. The van der Waals surface area contributed by atoms with E-state index in [0.29, 0.717) is 17.5 Å². The van der Waals surface area contributed by atoms with Crippen LogP contribution in [-0.4, -0.2) is 38.6 Å². The van der Waals surface area contributed by atoms with Crippen molar-refractivity contribution >= 4 is 16.9 Å². The summed E-state index contributed by atoms with van der Waals surface area (Å²) in [6, 6.07) is 14.4. The minimum absolute atomic E-state index is 0.0129. The van der Waals surface area contributed by atoms with Gasteiger partial charge in [0, 0.05) is 12.6 Å². The van der Waals surface area contributed by atoms with Crippen LogP contribution in [0.5, 0.6) is 5.75 Å². The van der Waals surface area contributed by atoms with E-state index in [-0.39, 0.29) is 17.2 Å². The smallest absolute Gasteiger partial charge is 0.287 e. The molecule has 3 aromatic rings. The maximum atomic E-state index is 12.6. The minimum Gasteiger partial charge on any atom is -0.497 e. The normalized spacial score (nSPS) is 12.2. The van der Waals surface area contributed by atoms with Crippen LogP contribution in [0.25, 0.3) is 11.0 Å². The second-order valence-electron chi connectivity index (χ2n) is 7.12. The van der Waals surface area contributed by atoms with E-state index in [9.17, 15) is 9.59 Å². The summed E-state index contributed by atoms with van der Waals surface area (Å²) in [6.45, 7) is 2.39. The number of aryl methyl sites for hydroxylation is 1. The molecule has 0 fully saturated rings. The van der Waals surface area contributed by atoms with Crippen molar-refractivity contribution in [3.63, 3.8) is 0 Å². The van der Waals surface area contributed by atoms with Crippen LogP contribution < -0.4 is 15.5 Å². The van der Waals surface area contributed by atoms with Gasteiger partial charge in [-0.2, -0.15) is 0 Å². The number of nitrogens with zero attached hydrogens (tertiary/aromatic N) is 1. The Morgan fingerprint density at radius 3 is 2.48 bits per heavy atom. The molecule has 1 amide bonds. The first kappa shape index (κ1) is 20.6. The summed E-state index contributed by atoms with van der Waals surface area (Å²) in [5, 5.41) is 3.37. The maximum Gasteiger partial charge on any atom is 0.287 e. The number of fused-ring (bicyclic) bond motifs is 1. The quantitative estimate of drug-likeness (QED) is 0.665. The van der Waals surface area contributed by atoms with Gasteiger partial charge in [-0.05, 0) is 55.9 Å². The van der Waals surface area contributed by atoms with Crippen molar-refractivity contribution < 1.29 is 13.9 Å². The van der Waals surface area contributed by atoms with E-state index in [4.69, 9.17) is 9.15 Å². The van der Waals surface area contributed by atoms with Gasteiger partial charge in [-0.3, -0.25) is 9.59 Å². The van der Waals surface area contributed by atoms with Crippen molar-refractivity contribution in [2.45, 2.75) is 19.4 Å². The van der Waals surface area contributed by atoms with Gasteiger partial charge < -0.3 is 19.4 Å². The molecule has 0 bridgehead atoms. The van der Waals surface area contributed by atoms with Crippen molar-refractivity contribution in [2.24, 2.45) is 0 Å². The van der Waals surface area contributed by atoms with Crippen LogP contribution in [0.1, 0.15) is 34.6 Å². The van der Waals surface area contributed by atoms with Crippen molar-refractivity contribution in [2.75, 3.05) is 27.7 Å². The van der Waals surface area contributed by atoms with Gasteiger partial charge >= 0.3 is 0 Å². The first-order valence-electron chi connectivity index (χ1n) is 9.58. The van der Waals surface area contributed by atoms with Gasteiger partial charge in [0.15, 0.2) is 11.2 Å². The lowest BCUT2D eigenvalue weighted by atomic mass is 10.1. The van der Waals surface area contributed by atoms with Gasteiger partial charge in [-0.1, -0.05) is 25.1 Å². The number of benzene rings is 2. The van der Waals surface area contributed by atoms with Crippen molar-refractivity contribution in [1.29, 1.82) is 0 Å². The highest BCUT2D eigenvalue weighted by atomic mass is 16.5. The molecular formula is C23H26N2O4. The van der Waals surface area contributed by atoms with E-state index >= 15 is 0 Å². The fourth-order valence-corrected chi connectivity index (χ4v) is 3.24. The number of carbonyl (C=O) groups is 1. The molecule has 1 atom stereocenters. The SMILES string of the molecule is CCc1ccc2oc(C(=O)NCC(c3ccc(OC)cc3)N(C)C)cc(=O)c2c1. The predicted octanol–water partition coefficient (Wildman–Crippen LogP) is 3.40. The zero-order valence-corrected chi connectivity index (χ0v) is 17.2. The molecule has 6 nitrogen and oxygen atoms in total. The van der Waals surface area contributed by atoms with Crippen LogP contribution in [0, 0.1) is 0 Å². The van der Waals surface area contributed by atoms with Crippen molar-refractivity contribution in [1.82, 2.24) is 10.2 Å². The second kappa shape index (κ2) is 8.92. The molecule has 0 aliphatic heterocycles. The molecule has 0 spiro atoms. The summed E-state index contributed by atoms with van der Waals surface area (Å²) in [6.07, 6.45) is 0.828. The number of rotatable bonds is 7. The summed E-state index contributed by atoms with van der Waals surface area (Å²) in [5.41, 5.74) is 2.30. The summed E-state index contributed by atoms with van der Waals surface area (Å²) in [5.74, 6) is 0.377. The first-order valence-corrected chi connectivity index (χ1v) is 9.58. The lowest BCUT2D eigenvalue weighted by Gasteiger charge is -2.25. The third-order valence-corrected chi connectivity index (χ3v) is 5.00. The Labute approximate surface area is 170 Å². The number of nitrogens with one attached hydrogen (secondary N) is 1. The molecule has 0 radical (unpaired) electrons. The molecule has 0 saturated heterocycles. The standard InChI is InChI=1S/C23H26N2O4/c1-5-15-6-11-21-18(12-15)20(26)13-22(29-21)23(27)24-14-19(25(2)3)16-7-9-17(28-4)10-8-16/h6-13,19H,5,14H2,1-4H3,(H,24,27). The van der Waals surface area contributed by atoms with E-state index in [1.807, 2.05) is 62.3 Å². The van der Waals surface area contributed by atoms with Crippen LogP contribution in [0.3, 0.4) is 0 Å². The van der Waals surface area contributed by atoms with Crippen LogP contribution in [0.2, 0.25) is 0 Å². The molecule has 6 heteroatoms. The Balaban J connectivity index is 1.78. The van der Waals surface area contributed by atoms with Gasteiger partial charge in [0.2, 0.25) is 0 Å². The molecule has 29 heavy (non-hydrogen) atoms. The summed E-state index contributed by atoms with van der Waals surface area (Å²) in [4.78, 5) is 27.1. The molecule has 0 aliphatic carbocycles. The molecule has 1 unspecified atom stereocenters. The molecule has 1 aromatic heterocycles. The highest BCUT2D eigenvalue weighted by molar-refractivity contribution is 5.93. The number of hydrogen-bond donors (Lipinski definition) is 1. The molecule has 3 rings (SSSR count). The van der Waals surface area contributed by atoms with E-state index in [1.165, 1.54) is 6.07 Å². The molecule has 0 aliphatic rings. The Morgan fingerprint density at radius 2 is 1.86 bits per heavy atom. The zero-order valence-electron chi connectivity index (χ0n) is 17.2. The Hall–Kier alpha value is -3.12. The highest BCUT2D eigenvalue weighted by Crippen LogP contribution is 2.21. The van der Waals surface area contributed by atoms with Crippen molar-refractivity contribution in [3.8, 4) is 5.75 Å². The highest BCUT2D eigenvalue weighted by Gasteiger charge is 2.18. The number of amides is 1. The molecule has 1 heterocycles. The molecule has 152 valence electrons. The monoisotopic (exact) mass is 394 g/mol. The average molecular weight is 394 g/mol. The second-order valence-corrected chi connectivity index (χ2v) is 7.12. The Morgan fingerprint density at radius 1 is 1.14 bits per heavy atom. The molecule has 1 N–H and O–H groups in total. The Bertz CT molecular complexity index is 1050. The average Bonchev–Trinajstić information content (AvgIpc) is 2.73. The zero-order chi connectivity index (χ0) is 21.0. The maximum absolute atomic E-state index is 12.6. The van der Waals surface area contributed by atoms with Crippen LogP contribution >= 0.6 is 0 Å². The van der Waals surface area contributed by atoms with Crippen LogP contribution in [0.4, 0.5) is 0 Å². The molecule has 0 saturated carbocycles. The van der Waals surface area contributed by atoms with Crippen LogP contribution in [-0.2, 0) is 6.42 Å². The fraction of sp³-hybridized carbons (Fsp3) is 0.304. The third kappa shape index (κ3) is 4.66. The first-order chi connectivity index (χ1) is 13.9. The van der Waals surface area contributed by atoms with Gasteiger partial charge in [-0.25, -0.2) is 0 Å². The number of ether oxygens (including phenoxy) is 1. The summed E-state index contributed by atoms with van der Waals surface area (Å²) < 4.78 is 10.9. The van der Waals surface area contributed by atoms with Crippen LogP contribution in [0.15, 0.2) is 57.7 Å². The predicted molar refractivity (Wildman–Crippen MR) is 114 cm³/mol. The van der Waals surface area contributed by atoms with E-state index in [1.54, 1.807) is 13.2 Å². The number of methoxy groups -OCH3 is 1. The summed E-state index contributed by atoms with van der Waals surface area (Å²) in [7, 11) is 5.52.